The Morgan fingerprint density at radius 3 is 3.20 bits per heavy atom. The minimum Gasteiger partial charge on any atom is -0.494 e. The molecule has 100 valence electrons. The minimum atomic E-state index is 0.484. The fraction of sp³-hybridized carbons (Fsp3) is 0.214. The van der Waals surface area contributed by atoms with Crippen molar-refractivity contribution in [2.75, 3.05) is 13.7 Å². The van der Waals surface area contributed by atoms with E-state index in [0.29, 0.717) is 35.0 Å². The van der Waals surface area contributed by atoms with Gasteiger partial charge in [-0.3, -0.25) is 4.99 Å². The molecule has 0 spiro atoms. The number of aliphatic imine (C=N–C) groups is 1. The van der Waals surface area contributed by atoms with Crippen LogP contribution in [0.2, 0.25) is 0 Å². The van der Waals surface area contributed by atoms with Crippen molar-refractivity contribution in [3.63, 3.8) is 0 Å². The quantitative estimate of drug-likeness (QED) is 0.770. The molecule has 1 aliphatic rings. The van der Waals surface area contributed by atoms with Gasteiger partial charge in [-0.25, -0.2) is 9.97 Å². The molecule has 0 saturated carbocycles. The average molecular weight is 268 g/mol. The van der Waals surface area contributed by atoms with E-state index in [1.807, 2.05) is 18.2 Å². The van der Waals surface area contributed by atoms with Crippen molar-refractivity contribution >= 4 is 16.8 Å². The largest absolute Gasteiger partial charge is 0.494 e. The van der Waals surface area contributed by atoms with Crippen LogP contribution in [0.5, 0.6) is 5.75 Å². The maximum Gasteiger partial charge on any atom is 0.248 e. The number of nitrogens with one attached hydrogen (secondary N) is 1. The molecule has 0 aliphatic carbocycles. The molecule has 1 aliphatic heterocycles. The number of oxazole rings is 1. The number of nitrogens with zero attached hydrogens (tertiary/aromatic N) is 3. The van der Waals surface area contributed by atoms with Gasteiger partial charge < -0.3 is 14.1 Å². The van der Waals surface area contributed by atoms with Gasteiger partial charge in [0.25, 0.3) is 0 Å². The molecule has 2 aromatic heterocycles. The zero-order valence-corrected chi connectivity index (χ0v) is 10.9. The number of H-pyrrole nitrogens is 1. The first-order chi connectivity index (χ1) is 9.86. The lowest BCUT2D eigenvalue weighted by Gasteiger charge is -2.08. The Morgan fingerprint density at radius 2 is 2.30 bits per heavy atom. The summed E-state index contributed by atoms with van der Waals surface area (Å²) in [6.45, 7) is 0.709. The number of benzene rings is 1. The first kappa shape index (κ1) is 11.2. The van der Waals surface area contributed by atoms with E-state index in [-0.39, 0.29) is 0 Å². The van der Waals surface area contributed by atoms with Crippen LogP contribution in [0.25, 0.3) is 11.1 Å². The van der Waals surface area contributed by atoms with Crippen LogP contribution < -0.4 is 4.74 Å². The van der Waals surface area contributed by atoms with E-state index < -0.39 is 0 Å². The summed E-state index contributed by atoms with van der Waals surface area (Å²) in [7, 11) is 1.62. The lowest BCUT2D eigenvalue weighted by molar-refractivity contribution is 0.419. The molecule has 6 heteroatoms. The van der Waals surface area contributed by atoms with Crippen LogP contribution in [-0.2, 0) is 6.42 Å². The average Bonchev–Trinajstić information content (AvgIpc) is 3.12. The summed E-state index contributed by atoms with van der Waals surface area (Å²) in [4.78, 5) is 16.4. The molecule has 0 amide bonds. The third-order valence-corrected chi connectivity index (χ3v) is 3.38. The second-order valence-electron chi connectivity index (χ2n) is 4.54. The molecular weight excluding hydrogens is 256 g/mol. The molecule has 0 unspecified atom stereocenters. The van der Waals surface area contributed by atoms with Gasteiger partial charge >= 0.3 is 0 Å². The van der Waals surface area contributed by atoms with Crippen molar-refractivity contribution in [2.24, 2.45) is 4.99 Å². The second-order valence-corrected chi connectivity index (χ2v) is 4.54. The molecule has 1 aromatic carbocycles. The highest BCUT2D eigenvalue weighted by Gasteiger charge is 2.23. The Hall–Kier alpha value is -2.63. The minimum absolute atomic E-state index is 0.484. The number of imidazole rings is 1. The topological polar surface area (TPSA) is 76.3 Å². The molecule has 0 atom stereocenters. The van der Waals surface area contributed by atoms with Crippen LogP contribution in [0.1, 0.15) is 17.3 Å². The van der Waals surface area contributed by atoms with Crippen molar-refractivity contribution in [1.82, 2.24) is 15.0 Å². The summed E-state index contributed by atoms with van der Waals surface area (Å²) in [6, 6.07) is 5.60. The number of para-hydroxylation sites is 1. The Kier molecular flexibility index (Phi) is 2.35. The molecule has 0 saturated heterocycles. The van der Waals surface area contributed by atoms with Crippen molar-refractivity contribution in [1.29, 1.82) is 0 Å². The number of hydrogen-bond donors (Lipinski definition) is 1. The van der Waals surface area contributed by atoms with Gasteiger partial charge in [0.05, 0.1) is 13.4 Å². The third-order valence-electron chi connectivity index (χ3n) is 3.38. The van der Waals surface area contributed by atoms with E-state index >= 15 is 0 Å². The molecule has 4 rings (SSSR count). The van der Waals surface area contributed by atoms with E-state index in [1.165, 1.54) is 0 Å². The van der Waals surface area contributed by atoms with Gasteiger partial charge in [-0.05, 0) is 12.1 Å². The monoisotopic (exact) mass is 268 g/mol. The maximum atomic E-state index is 5.80. The molecule has 1 N–H and O–H groups in total. The van der Waals surface area contributed by atoms with Crippen molar-refractivity contribution in [3.05, 3.63) is 41.8 Å². The summed E-state index contributed by atoms with van der Waals surface area (Å²) in [6.07, 6.45) is 2.54. The van der Waals surface area contributed by atoms with Crippen molar-refractivity contribution in [3.8, 4) is 5.75 Å². The van der Waals surface area contributed by atoms with Crippen LogP contribution in [0.3, 0.4) is 0 Å². The number of rotatable bonds is 2. The normalized spacial score (nSPS) is 14.2. The Morgan fingerprint density at radius 1 is 1.35 bits per heavy atom. The van der Waals surface area contributed by atoms with Gasteiger partial charge in [0.15, 0.2) is 11.1 Å². The zero-order valence-electron chi connectivity index (χ0n) is 10.9. The SMILES string of the molecule is COc1cccc2oc(C3=NCCc4[nH]cnc43)nc12. The van der Waals surface area contributed by atoms with E-state index in [2.05, 4.69) is 19.9 Å². The summed E-state index contributed by atoms with van der Waals surface area (Å²) >= 11 is 0. The number of hydrogen-bond acceptors (Lipinski definition) is 5. The predicted molar refractivity (Wildman–Crippen MR) is 73.4 cm³/mol. The third kappa shape index (κ3) is 1.54. The van der Waals surface area contributed by atoms with E-state index in [9.17, 15) is 0 Å². The number of methoxy groups -OCH3 is 1. The van der Waals surface area contributed by atoms with Gasteiger partial charge in [-0.1, -0.05) is 6.07 Å². The fourth-order valence-electron chi connectivity index (χ4n) is 2.43. The maximum absolute atomic E-state index is 5.80. The van der Waals surface area contributed by atoms with Gasteiger partial charge in [0.2, 0.25) is 5.89 Å². The highest BCUT2D eigenvalue weighted by atomic mass is 16.5. The van der Waals surface area contributed by atoms with Crippen LogP contribution in [0.4, 0.5) is 0 Å². The number of aromatic nitrogens is 3. The molecule has 3 aromatic rings. The van der Waals surface area contributed by atoms with Gasteiger partial charge in [-0.15, -0.1) is 0 Å². The van der Waals surface area contributed by atoms with Crippen LogP contribution in [0, 0.1) is 0 Å². The molecular formula is C14H12N4O2. The summed E-state index contributed by atoms with van der Waals surface area (Å²) in [5, 5.41) is 0. The lowest BCUT2D eigenvalue weighted by Crippen LogP contribution is -2.14. The first-order valence-corrected chi connectivity index (χ1v) is 6.38. The Balaban J connectivity index is 1.90. The van der Waals surface area contributed by atoms with E-state index in [0.717, 1.165) is 17.8 Å². The lowest BCUT2D eigenvalue weighted by atomic mass is 10.1. The van der Waals surface area contributed by atoms with Crippen LogP contribution in [0.15, 0.2) is 33.9 Å². The molecule has 20 heavy (non-hydrogen) atoms. The summed E-state index contributed by atoms with van der Waals surface area (Å²) < 4.78 is 11.1. The Labute approximate surface area is 114 Å². The van der Waals surface area contributed by atoms with E-state index in [1.54, 1.807) is 13.4 Å². The summed E-state index contributed by atoms with van der Waals surface area (Å²) in [5.74, 6) is 1.17. The number of ether oxygens (including phenoxy) is 1. The first-order valence-electron chi connectivity index (χ1n) is 6.38. The van der Waals surface area contributed by atoms with Crippen LogP contribution >= 0.6 is 0 Å². The van der Waals surface area contributed by atoms with Gasteiger partial charge in [0.1, 0.15) is 17.2 Å². The molecule has 0 fully saturated rings. The standard InChI is InChI=1S/C14H12N4O2/c1-19-9-3-2-4-10-12(9)18-14(20-10)13-11-8(5-6-15-13)16-7-17-11/h2-4,7H,5-6H2,1H3,(H,16,17). The highest BCUT2D eigenvalue weighted by Crippen LogP contribution is 2.27. The molecule has 3 heterocycles. The molecule has 6 nitrogen and oxygen atoms in total. The van der Waals surface area contributed by atoms with E-state index in [4.69, 9.17) is 9.15 Å². The second kappa shape index (κ2) is 4.19. The number of fused-ring (bicyclic) bond motifs is 2. The highest BCUT2D eigenvalue weighted by molar-refractivity contribution is 6.11. The zero-order chi connectivity index (χ0) is 13.5. The summed E-state index contributed by atoms with van der Waals surface area (Å²) in [5.41, 5.74) is 3.98. The fourth-order valence-corrected chi connectivity index (χ4v) is 2.43. The van der Waals surface area contributed by atoms with Crippen LogP contribution in [-0.4, -0.2) is 34.3 Å². The van der Waals surface area contributed by atoms with Gasteiger partial charge in [0, 0.05) is 18.7 Å². The smallest absolute Gasteiger partial charge is 0.248 e. The van der Waals surface area contributed by atoms with Gasteiger partial charge in [-0.2, -0.15) is 0 Å². The number of aromatic amines is 1. The molecule has 0 bridgehead atoms. The Bertz CT molecular complexity index is 816. The molecule has 0 radical (unpaired) electrons. The predicted octanol–water partition coefficient (Wildman–Crippen LogP) is 1.95. The van der Waals surface area contributed by atoms with Crippen molar-refractivity contribution in [2.45, 2.75) is 6.42 Å². The van der Waals surface area contributed by atoms with Crippen molar-refractivity contribution < 1.29 is 9.15 Å².